The van der Waals surface area contributed by atoms with Crippen molar-refractivity contribution in [2.45, 2.75) is 6.42 Å². The zero-order valence-electron chi connectivity index (χ0n) is 10.2. The predicted molar refractivity (Wildman–Crippen MR) is 69.8 cm³/mol. The van der Waals surface area contributed by atoms with E-state index in [1.54, 1.807) is 18.2 Å². The summed E-state index contributed by atoms with van der Waals surface area (Å²) in [5.74, 6) is 1.07. The van der Waals surface area contributed by atoms with Gasteiger partial charge in [0.1, 0.15) is 11.6 Å². The number of nitrogens with one attached hydrogen (secondary N) is 2. The average Bonchev–Trinajstić information content (AvgIpc) is 2.90. The number of rotatable bonds is 3. The highest BCUT2D eigenvalue weighted by atomic mass is 16.5. The molecule has 0 spiro atoms. The molecule has 0 saturated carbocycles. The van der Waals surface area contributed by atoms with E-state index in [9.17, 15) is 9.59 Å². The maximum absolute atomic E-state index is 12.1. The number of amides is 1. The zero-order chi connectivity index (χ0) is 13.2. The summed E-state index contributed by atoms with van der Waals surface area (Å²) in [5, 5.41) is 5.75. The van der Waals surface area contributed by atoms with Crippen LogP contribution in [-0.4, -0.2) is 37.2 Å². The molecule has 2 N–H and O–H groups in total. The van der Waals surface area contributed by atoms with Crippen molar-refractivity contribution in [1.82, 2.24) is 5.32 Å². The van der Waals surface area contributed by atoms with Crippen molar-refractivity contribution in [2.24, 2.45) is 4.99 Å². The van der Waals surface area contributed by atoms with Crippen molar-refractivity contribution >= 4 is 23.2 Å². The van der Waals surface area contributed by atoms with Crippen LogP contribution in [-0.2, 0) is 4.79 Å². The summed E-state index contributed by atoms with van der Waals surface area (Å²) in [6, 6.07) is 5.05. The minimum Gasteiger partial charge on any atom is -0.482 e. The Balaban J connectivity index is 1.79. The summed E-state index contributed by atoms with van der Waals surface area (Å²) in [7, 11) is 0. The number of hydrogen-bond acceptors (Lipinski definition) is 5. The van der Waals surface area contributed by atoms with Crippen LogP contribution >= 0.6 is 0 Å². The highest BCUT2D eigenvalue weighted by molar-refractivity contribution is 6.10. The number of aliphatic imine (C=N–C) groups is 1. The van der Waals surface area contributed by atoms with Gasteiger partial charge in [-0.2, -0.15) is 0 Å². The third-order valence-electron chi connectivity index (χ3n) is 3.01. The lowest BCUT2D eigenvalue weighted by Gasteiger charge is -2.18. The Morgan fingerprint density at radius 2 is 2.32 bits per heavy atom. The van der Waals surface area contributed by atoms with Gasteiger partial charge in [-0.05, 0) is 18.2 Å². The topological polar surface area (TPSA) is 79.8 Å². The smallest absolute Gasteiger partial charge is 0.262 e. The largest absolute Gasteiger partial charge is 0.482 e. The van der Waals surface area contributed by atoms with Crippen molar-refractivity contribution in [2.75, 3.05) is 25.0 Å². The third-order valence-corrected chi connectivity index (χ3v) is 3.01. The van der Waals surface area contributed by atoms with Crippen molar-refractivity contribution in [3.05, 3.63) is 23.8 Å². The van der Waals surface area contributed by atoms with Gasteiger partial charge < -0.3 is 15.4 Å². The van der Waals surface area contributed by atoms with Gasteiger partial charge in [0.2, 0.25) is 0 Å². The fourth-order valence-corrected chi connectivity index (χ4v) is 2.08. The Labute approximate surface area is 109 Å². The third kappa shape index (κ3) is 2.42. The lowest BCUT2D eigenvalue weighted by Crippen LogP contribution is -2.26. The number of carbonyl (C=O) groups excluding carboxylic acids is 2. The number of fused-ring (bicyclic) bond motifs is 1. The maximum Gasteiger partial charge on any atom is 0.262 e. The number of ether oxygens (including phenoxy) is 1. The quantitative estimate of drug-likeness (QED) is 0.779. The molecule has 2 aliphatic heterocycles. The maximum atomic E-state index is 12.1. The van der Waals surface area contributed by atoms with E-state index in [4.69, 9.17) is 4.74 Å². The van der Waals surface area contributed by atoms with Gasteiger partial charge in [-0.3, -0.25) is 14.6 Å². The number of Topliss-reactive ketones (excluding diaryl/α,β-unsaturated/α-hetero) is 1. The molecule has 6 nitrogen and oxygen atoms in total. The Morgan fingerprint density at radius 1 is 1.42 bits per heavy atom. The number of nitrogens with zero attached hydrogens (tertiary/aromatic N) is 1. The van der Waals surface area contributed by atoms with E-state index in [-0.39, 0.29) is 24.7 Å². The first-order chi connectivity index (χ1) is 9.22. The van der Waals surface area contributed by atoms with Gasteiger partial charge in [-0.25, -0.2) is 0 Å². The fraction of sp³-hybridized carbons (Fsp3) is 0.308. The summed E-state index contributed by atoms with van der Waals surface area (Å²) in [6.07, 6.45) is 0.258. The molecule has 3 rings (SSSR count). The number of anilines is 1. The van der Waals surface area contributed by atoms with Gasteiger partial charge in [-0.1, -0.05) is 0 Å². The second-order valence-electron chi connectivity index (χ2n) is 4.40. The molecule has 0 aliphatic carbocycles. The number of carbonyl (C=O) groups is 2. The van der Waals surface area contributed by atoms with E-state index in [2.05, 4.69) is 15.6 Å². The molecular formula is C13H13N3O3. The van der Waals surface area contributed by atoms with E-state index in [1.807, 2.05) is 0 Å². The highest BCUT2D eigenvalue weighted by Crippen LogP contribution is 2.28. The molecular weight excluding hydrogens is 246 g/mol. The van der Waals surface area contributed by atoms with Gasteiger partial charge in [0.25, 0.3) is 5.91 Å². The summed E-state index contributed by atoms with van der Waals surface area (Å²) < 4.78 is 5.24. The van der Waals surface area contributed by atoms with Crippen LogP contribution < -0.4 is 15.4 Å². The molecule has 0 saturated heterocycles. The SMILES string of the molecule is O=C1COc2ccc(C(=O)CC3=NCCN3)cc2N1. The van der Waals surface area contributed by atoms with Gasteiger partial charge in [0.05, 0.1) is 18.7 Å². The molecule has 1 aromatic rings. The van der Waals surface area contributed by atoms with E-state index < -0.39 is 0 Å². The van der Waals surface area contributed by atoms with Crippen LogP contribution in [0.4, 0.5) is 5.69 Å². The fourth-order valence-electron chi connectivity index (χ4n) is 2.08. The van der Waals surface area contributed by atoms with Gasteiger partial charge in [0.15, 0.2) is 12.4 Å². The van der Waals surface area contributed by atoms with Crippen molar-refractivity contribution in [3.8, 4) is 5.75 Å². The molecule has 0 fully saturated rings. The normalized spacial score (nSPS) is 16.8. The molecule has 19 heavy (non-hydrogen) atoms. The molecule has 0 unspecified atom stereocenters. The van der Waals surface area contributed by atoms with Crippen LogP contribution in [0.25, 0.3) is 0 Å². The Bertz CT molecular complexity index is 580. The Morgan fingerprint density at radius 3 is 3.11 bits per heavy atom. The number of amidine groups is 1. The van der Waals surface area contributed by atoms with Crippen LogP contribution in [0.2, 0.25) is 0 Å². The van der Waals surface area contributed by atoms with Crippen LogP contribution in [0, 0.1) is 0 Å². The van der Waals surface area contributed by atoms with Crippen LogP contribution in [0.3, 0.4) is 0 Å². The minimum absolute atomic E-state index is 0.0149. The highest BCUT2D eigenvalue weighted by Gasteiger charge is 2.19. The summed E-state index contributed by atoms with van der Waals surface area (Å²) in [5.41, 5.74) is 1.09. The average molecular weight is 259 g/mol. The van der Waals surface area contributed by atoms with Crippen molar-refractivity contribution < 1.29 is 14.3 Å². The summed E-state index contributed by atoms with van der Waals surface area (Å²) in [4.78, 5) is 27.5. The summed E-state index contributed by atoms with van der Waals surface area (Å²) >= 11 is 0. The molecule has 1 aromatic carbocycles. The molecule has 2 heterocycles. The molecule has 2 aliphatic rings. The molecule has 1 amide bonds. The molecule has 0 atom stereocenters. The first-order valence-electron chi connectivity index (χ1n) is 6.09. The lowest BCUT2D eigenvalue weighted by atomic mass is 10.1. The summed E-state index contributed by atoms with van der Waals surface area (Å²) in [6.45, 7) is 1.52. The van der Waals surface area contributed by atoms with E-state index in [0.717, 1.165) is 18.9 Å². The van der Waals surface area contributed by atoms with Gasteiger partial charge in [0, 0.05) is 12.1 Å². The van der Waals surface area contributed by atoms with Crippen LogP contribution in [0.1, 0.15) is 16.8 Å². The van der Waals surface area contributed by atoms with Crippen molar-refractivity contribution in [3.63, 3.8) is 0 Å². The van der Waals surface area contributed by atoms with E-state index >= 15 is 0 Å². The number of hydrogen-bond donors (Lipinski definition) is 2. The van der Waals surface area contributed by atoms with E-state index in [1.165, 1.54) is 0 Å². The molecule has 6 heteroatoms. The van der Waals surface area contributed by atoms with Crippen molar-refractivity contribution in [1.29, 1.82) is 0 Å². The molecule has 0 radical (unpaired) electrons. The Hall–Kier alpha value is -2.37. The minimum atomic E-state index is -0.209. The first-order valence-corrected chi connectivity index (χ1v) is 6.09. The monoisotopic (exact) mass is 259 g/mol. The number of ketones is 1. The molecule has 0 bridgehead atoms. The first kappa shape index (κ1) is 11.7. The number of benzene rings is 1. The Kier molecular flexibility index (Phi) is 2.91. The van der Waals surface area contributed by atoms with Crippen LogP contribution in [0.5, 0.6) is 5.75 Å². The van der Waals surface area contributed by atoms with Gasteiger partial charge >= 0.3 is 0 Å². The van der Waals surface area contributed by atoms with E-state index in [0.29, 0.717) is 17.0 Å². The second kappa shape index (κ2) is 4.72. The second-order valence-corrected chi connectivity index (χ2v) is 4.40. The standard InChI is InChI=1S/C13H13N3O3/c17-10(6-12-14-3-4-15-12)8-1-2-11-9(5-8)16-13(18)7-19-11/h1-2,5H,3-4,6-7H2,(H,14,15)(H,16,18). The molecule has 98 valence electrons. The predicted octanol–water partition coefficient (Wildman–Crippen LogP) is 0.592. The van der Waals surface area contributed by atoms with Gasteiger partial charge in [-0.15, -0.1) is 0 Å². The lowest BCUT2D eigenvalue weighted by molar-refractivity contribution is -0.118. The van der Waals surface area contributed by atoms with Crippen LogP contribution in [0.15, 0.2) is 23.2 Å². The zero-order valence-corrected chi connectivity index (χ0v) is 10.2. The molecule has 0 aromatic heterocycles.